The molecule has 0 bridgehead atoms. The van der Waals surface area contributed by atoms with Crippen molar-refractivity contribution in [3.05, 3.63) is 75.3 Å². The summed E-state index contributed by atoms with van der Waals surface area (Å²) < 4.78 is 5.75. The van der Waals surface area contributed by atoms with Crippen LogP contribution >= 0.6 is 0 Å². The third-order valence-electron chi connectivity index (χ3n) is 3.99. The van der Waals surface area contributed by atoms with Crippen molar-refractivity contribution in [2.45, 2.75) is 26.4 Å². The molecular formula is C19H22N2O4. The number of carbonyl (C=O) groups is 1. The fourth-order valence-electron chi connectivity index (χ4n) is 2.52. The van der Waals surface area contributed by atoms with E-state index in [4.69, 9.17) is 4.74 Å². The van der Waals surface area contributed by atoms with Crippen molar-refractivity contribution in [1.29, 1.82) is 0 Å². The molecule has 2 rings (SSSR count). The van der Waals surface area contributed by atoms with Crippen LogP contribution in [-0.2, 0) is 4.74 Å². The van der Waals surface area contributed by atoms with E-state index in [9.17, 15) is 14.9 Å². The fourth-order valence-corrected chi connectivity index (χ4v) is 2.52. The van der Waals surface area contributed by atoms with Gasteiger partial charge >= 0.3 is 0 Å². The third-order valence-corrected chi connectivity index (χ3v) is 3.99. The monoisotopic (exact) mass is 342 g/mol. The van der Waals surface area contributed by atoms with Crippen LogP contribution in [0.25, 0.3) is 0 Å². The number of ether oxygens (including phenoxy) is 1. The highest BCUT2D eigenvalue weighted by atomic mass is 16.6. The minimum atomic E-state index is -0.481. The van der Waals surface area contributed by atoms with E-state index in [2.05, 4.69) is 5.32 Å². The number of nitrogens with zero attached hydrogens (tertiary/aromatic N) is 1. The third kappa shape index (κ3) is 5.12. The molecule has 0 aromatic heterocycles. The first-order valence-corrected chi connectivity index (χ1v) is 8.19. The van der Waals surface area contributed by atoms with Crippen molar-refractivity contribution in [3.63, 3.8) is 0 Å². The first-order chi connectivity index (χ1) is 12.0. The lowest BCUT2D eigenvalue weighted by atomic mass is 10.1. The number of rotatable bonds is 8. The molecule has 1 N–H and O–H groups in total. The number of amides is 1. The summed E-state index contributed by atoms with van der Waals surface area (Å²) >= 11 is 0. The summed E-state index contributed by atoms with van der Waals surface area (Å²) in [5.41, 5.74) is 1.76. The Bertz CT molecular complexity index is 731. The minimum absolute atomic E-state index is 0.00378. The number of nitrogens with one attached hydrogen (secondary N) is 1. The largest absolute Gasteiger partial charge is 0.374 e. The molecule has 25 heavy (non-hydrogen) atoms. The average Bonchev–Trinajstić information content (AvgIpc) is 2.61. The van der Waals surface area contributed by atoms with Gasteiger partial charge in [0, 0.05) is 30.3 Å². The van der Waals surface area contributed by atoms with E-state index < -0.39 is 4.92 Å². The van der Waals surface area contributed by atoms with E-state index in [0.29, 0.717) is 30.7 Å². The molecule has 0 aliphatic rings. The van der Waals surface area contributed by atoms with Gasteiger partial charge in [0.2, 0.25) is 0 Å². The van der Waals surface area contributed by atoms with Gasteiger partial charge in [0.25, 0.3) is 11.6 Å². The average molecular weight is 342 g/mol. The van der Waals surface area contributed by atoms with Crippen LogP contribution in [0, 0.1) is 17.0 Å². The normalized spacial score (nSPS) is 11.8. The van der Waals surface area contributed by atoms with Gasteiger partial charge in [-0.25, -0.2) is 0 Å². The van der Waals surface area contributed by atoms with E-state index in [1.54, 1.807) is 13.0 Å². The summed E-state index contributed by atoms with van der Waals surface area (Å²) in [6.45, 7) is 4.53. The van der Waals surface area contributed by atoms with E-state index in [1.807, 2.05) is 37.3 Å². The van der Waals surface area contributed by atoms with Gasteiger partial charge in [-0.2, -0.15) is 0 Å². The lowest BCUT2D eigenvalue weighted by Gasteiger charge is -2.13. The second kappa shape index (κ2) is 8.94. The van der Waals surface area contributed by atoms with Crippen LogP contribution in [0.15, 0.2) is 48.5 Å². The SMILES string of the molecule is Cc1c(C(=O)NCCCOC(C)c2ccccc2)cccc1[N+](=O)[O-]. The smallest absolute Gasteiger partial charge is 0.273 e. The van der Waals surface area contributed by atoms with Crippen molar-refractivity contribution in [2.24, 2.45) is 0 Å². The van der Waals surface area contributed by atoms with Crippen molar-refractivity contribution in [2.75, 3.05) is 13.2 Å². The Morgan fingerprint density at radius 3 is 2.60 bits per heavy atom. The highest BCUT2D eigenvalue weighted by molar-refractivity contribution is 5.96. The van der Waals surface area contributed by atoms with Crippen LogP contribution in [0.1, 0.15) is 40.9 Å². The molecule has 0 aliphatic heterocycles. The van der Waals surface area contributed by atoms with E-state index in [-0.39, 0.29) is 17.7 Å². The topological polar surface area (TPSA) is 81.5 Å². The molecule has 132 valence electrons. The summed E-state index contributed by atoms with van der Waals surface area (Å²) in [7, 11) is 0. The summed E-state index contributed by atoms with van der Waals surface area (Å²) in [4.78, 5) is 22.6. The minimum Gasteiger partial charge on any atom is -0.374 e. The number of nitro benzene ring substituents is 1. The van der Waals surface area contributed by atoms with Gasteiger partial charge in [-0.15, -0.1) is 0 Å². The Balaban J connectivity index is 1.78. The summed E-state index contributed by atoms with van der Waals surface area (Å²) in [6.07, 6.45) is 0.660. The number of carbonyl (C=O) groups excluding carboxylic acids is 1. The van der Waals surface area contributed by atoms with Gasteiger partial charge in [0.15, 0.2) is 0 Å². The zero-order valence-corrected chi connectivity index (χ0v) is 14.4. The maximum atomic E-state index is 12.2. The maximum Gasteiger partial charge on any atom is 0.273 e. The van der Waals surface area contributed by atoms with Gasteiger partial charge in [-0.05, 0) is 31.9 Å². The summed E-state index contributed by atoms with van der Waals surface area (Å²) in [5, 5.41) is 13.7. The van der Waals surface area contributed by atoms with Crippen molar-refractivity contribution in [1.82, 2.24) is 5.32 Å². The van der Waals surface area contributed by atoms with Crippen LogP contribution in [0.4, 0.5) is 5.69 Å². The number of hydrogen-bond donors (Lipinski definition) is 1. The molecule has 1 atom stereocenters. The van der Waals surface area contributed by atoms with Crippen LogP contribution in [0.3, 0.4) is 0 Å². The second-order valence-corrected chi connectivity index (χ2v) is 5.74. The molecule has 0 radical (unpaired) electrons. The molecule has 1 unspecified atom stereocenters. The van der Waals surface area contributed by atoms with Gasteiger partial charge in [0.05, 0.1) is 11.0 Å². The molecule has 6 heteroatoms. The molecule has 1 amide bonds. The first kappa shape index (κ1) is 18.6. The molecule has 0 heterocycles. The Morgan fingerprint density at radius 2 is 1.92 bits per heavy atom. The molecule has 6 nitrogen and oxygen atoms in total. The Hall–Kier alpha value is -2.73. The molecule has 0 spiro atoms. The second-order valence-electron chi connectivity index (χ2n) is 5.74. The number of nitro groups is 1. The molecule has 0 saturated carbocycles. The van der Waals surface area contributed by atoms with Crippen molar-refractivity contribution >= 4 is 11.6 Å². The zero-order valence-electron chi connectivity index (χ0n) is 14.4. The quantitative estimate of drug-likeness (QED) is 0.449. The fraction of sp³-hybridized carbons (Fsp3) is 0.316. The van der Waals surface area contributed by atoms with Crippen LogP contribution in [0.2, 0.25) is 0 Å². The van der Waals surface area contributed by atoms with Crippen molar-refractivity contribution < 1.29 is 14.5 Å². The zero-order chi connectivity index (χ0) is 18.2. The summed E-state index contributed by atoms with van der Waals surface area (Å²) in [5.74, 6) is -0.308. The van der Waals surface area contributed by atoms with E-state index in [0.717, 1.165) is 5.56 Å². The molecule has 0 aliphatic carbocycles. The molecule has 0 fully saturated rings. The highest BCUT2D eigenvalue weighted by Crippen LogP contribution is 2.21. The summed E-state index contributed by atoms with van der Waals surface area (Å²) in [6, 6.07) is 14.4. The van der Waals surface area contributed by atoms with Crippen LogP contribution in [-0.4, -0.2) is 24.0 Å². The molecule has 2 aromatic carbocycles. The highest BCUT2D eigenvalue weighted by Gasteiger charge is 2.17. The van der Waals surface area contributed by atoms with Gasteiger partial charge in [-0.1, -0.05) is 36.4 Å². The number of hydrogen-bond acceptors (Lipinski definition) is 4. The van der Waals surface area contributed by atoms with Crippen molar-refractivity contribution in [3.8, 4) is 0 Å². The maximum absolute atomic E-state index is 12.2. The van der Waals surface area contributed by atoms with Gasteiger partial charge < -0.3 is 10.1 Å². The number of benzene rings is 2. The molecule has 0 saturated heterocycles. The molecular weight excluding hydrogens is 320 g/mol. The van der Waals surface area contributed by atoms with Crippen LogP contribution < -0.4 is 5.32 Å². The Labute approximate surface area is 147 Å². The Kier molecular flexibility index (Phi) is 6.65. The predicted molar refractivity (Wildman–Crippen MR) is 95.6 cm³/mol. The van der Waals surface area contributed by atoms with Gasteiger partial charge in [0.1, 0.15) is 0 Å². The molecule has 2 aromatic rings. The lowest BCUT2D eigenvalue weighted by Crippen LogP contribution is -2.26. The van der Waals surface area contributed by atoms with Gasteiger partial charge in [-0.3, -0.25) is 14.9 Å². The first-order valence-electron chi connectivity index (χ1n) is 8.19. The lowest BCUT2D eigenvalue weighted by molar-refractivity contribution is -0.385. The van der Waals surface area contributed by atoms with E-state index >= 15 is 0 Å². The van der Waals surface area contributed by atoms with E-state index in [1.165, 1.54) is 12.1 Å². The predicted octanol–water partition coefficient (Wildman–Crippen LogP) is 3.80. The Morgan fingerprint density at radius 1 is 1.20 bits per heavy atom. The standard InChI is InChI=1S/C19H22N2O4/c1-14-17(10-6-11-18(14)21(23)24)19(22)20-12-7-13-25-15(2)16-8-4-3-5-9-16/h3-6,8-11,15H,7,12-13H2,1-2H3,(H,20,22). The van der Waals surface area contributed by atoms with Crippen LogP contribution in [0.5, 0.6) is 0 Å².